The molecule has 33 heavy (non-hydrogen) atoms. The van der Waals surface area contributed by atoms with Crippen LogP contribution in [0, 0.1) is 17.3 Å². The smallest absolute Gasteiger partial charge is 0.335 e. The molecular formula is C23H33NO9. The summed E-state index contributed by atoms with van der Waals surface area (Å²) in [5.41, 5.74) is 1.14. The first-order valence-corrected chi connectivity index (χ1v) is 11.7. The Kier molecular flexibility index (Phi) is 5.95. The van der Waals surface area contributed by atoms with Gasteiger partial charge in [0.05, 0.1) is 30.9 Å². The van der Waals surface area contributed by atoms with Crippen molar-refractivity contribution in [3.63, 3.8) is 0 Å². The lowest BCUT2D eigenvalue weighted by molar-refractivity contribution is -0.306. The maximum Gasteiger partial charge on any atom is 0.335 e. The van der Waals surface area contributed by atoms with E-state index in [0.29, 0.717) is 25.3 Å². The number of hydrogen-bond acceptors (Lipinski definition) is 9. The molecule has 1 saturated heterocycles. The van der Waals surface area contributed by atoms with Gasteiger partial charge >= 0.3 is 5.97 Å². The molecule has 1 saturated carbocycles. The van der Waals surface area contributed by atoms with Crippen LogP contribution < -0.4 is 0 Å². The second-order valence-corrected chi connectivity index (χ2v) is 10.1. The summed E-state index contributed by atoms with van der Waals surface area (Å²) in [6, 6.07) is 0. The molecule has 3 aliphatic heterocycles. The minimum Gasteiger partial charge on any atom is -0.493 e. The van der Waals surface area contributed by atoms with Gasteiger partial charge in [0.15, 0.2) is 12.4 Å². The first kappa shape index (κ1) is 23.1. The molecule has 0 aromatic heterocycles. The molecule has 5 aliphatic rings. The Bertz CT molecular complexity index is 846. The molecule has 3 heterocycles. The number of hydrogen-bond donors (Lipinski definition) is 4. The molecule has 2 unspecified atom stereocenters. The molecule has 0 aromatic carbocycles. The minimum atomic E-state index is -1.75. The van der Waals surface area contributed by atoms with Gasteiger partial charge in [0, 0.05) is 18.5 Å². The molecule has 0 aromatic rings. The van der Waals surface area contributed by atoms with E-state index in [1.165, 1.54) is 5.57 Å². The van der Waals surface area contributed by atoms with Gasteiger partial charge in [-0.15, -0.1) is 0 Å². The summed E-state index contributed by atoms with van der Waals surface area (Å²) in [5, 5.41) is 41.6. The summed E-state index contributed by atoms with van der Waals surface area (Å²) >= 11 is 0. The fourth-order valence-electron chi connectivity index (χ4n) is 6.46. The molecule has 0 amide bonds. The highest BCUT2D eigenvalue weighted by Crippen LogP contribution is 2.59. The number of carboxylic acid groups (broad SMARTS) is 1. The highest BCUT2D eigenvalue weighted by molar-refractivity contribution is 5.73. The number of hydroxylamine groups is 2. The Hall–Kier alpha value is -1.69. The van der Waals surface area contributed by atoms with Crippen molar-refractivity contribution >= 4 is 5.97 Å². The lowest BCUT2D eigenvalue weighted by Crippen LogP contribution is -2.61. The highest BCUT2D eigenvalue weighted by Gasteiger charge is 2.57. The van der Waals surface area contributed by atoms with Crippen LogP contribution in [0.25, 0.3) is 0 Å². The summed E-state index contributed by atoms with van der Waals surface area (Å²) in [6.45, 7) is 2.89. The third-order valence-corrected chi connectivity index (χ3v) is 7.95. The van der Waals surface area contributed by atoms with E-state index in [0.717, 1.165) is 25.0 Å². The average molecular weight is 468 g/mol. The maximum atomic E-state index is 11.4. The van der Waals surface area contributed by atoms with E-state index < -0.39 is 42.8 Å². The molecule has 10 heteroatoms. The number of nitrogens with zero attached hydrogens (tertiary/aromatic N) is 1. The van der Waals surface area contributed by atoms with Gasteiger partial charge in [0.1, 0.15) is 24.4 Å². The predicted molar refractivity (Wildman–Crippen MR) is 112 cm³/mol. The SMILES string of the molecule is CON1C=CC23CC(C)CC[C@@H]2OC2=C3[C@H](C[C@@H](O[C@@H]3O[C@H](C(=O)O)[C@@H](O)[C@H](O)[C@H]3O)C2)C1. The van der Waals surface area contributed by atoms with Crippen LogP contribution in [0.1, 0.15) is 39.0 Å². The molecule has 1 spiro atoms. The molecule has 2 aliphatic carbocycles. The van der Waals surface area contributed by atoms with Crippen LogP contribution in [-0.4, -0.2) is 88.0 Å². The number of carboxylic acids is 1. The summed E-state index contributed by atoms with van der Waals surface area (Å²) in [6.07, 6.45) is -0.00789. The molecule has 0 bridgehead atoms. The van der Waals surface area contributed by atoms with E-state index in [1.807, 2.05) is 11.3 Å². The third kappa shape index (κ3) is 3.77. The van der Waals surface area contributed by atoms with E-state index in [1.54, 1.807) is 7.11 Å². The van der Waals surface area contributed by atoms with E-state index in [9.17, 15) is 25.2 Å². The van der Waals surface area contributed by atoms with Crippen molar-refractivity contribution in [3.8, 4) is 0 Å². The predicted octanol–water partition coefficient (Wildman–Crippen LogP) is 0.524. The van der Waals surface area contributed by atoms with Gasteiger partial charge in [-0.2, -0.15) is 0 Å². The highest BCUT2D eigenvalue weighted by atomic mass is 16.7. The Balaban J connectivity index is 1.40. The van der Waals surface area contributed by atoms with Crippen LogP contribution in [0.3, 0.4) is 0 Å². The van der Waals surface area contributed by atoms with Crippen LogP contribution in [0.2, 0.25) is 0 Å². The van der Waals surface area contributed by atoms with E-state index >= 15 is 0 Å². The lowest BCUT2D eigenvalue weighted by Gasteiger charge is -2.43. The van der Waals surface area contributed by atoms with Crippen molar-refractivity contribution in [3.05, 3.63) is 23.6 Å². The summed E-state index contributed by atoms with van der Waals surface area (Å²) in [5.74, 6) is 0.131. The molecule has 10 atom stereocenters. The van der Waals surface area contributed by atoms with E-state index in [-0.39, 0.29) is 17.4 Å². The first-order valence-electron chi connectivity index (χ1n) is 11.7. The van der Waals surface area contributed by atoms with Gasteiger partial charge in [0.25, 0.3) is 0 Å². The van der Waals surface area contributed by atoms with Crippen LogP contribution >= 0.6 is 0 Å². The average Bonchev–Trinajstić information content (AvgIpc) is 3.00. The zero-order valence-corrected chi connectivity index (χ0v) is 18.9. The first-order chi connectivity index (χ1) is 15.7. The monoisotopic (exact) mass is 467 g/mol. The number of rotatable bonds is 4. The Morgan fingerprint density at radius 1 is 1.21 bits per heavy atom. The van der Waals surface area contributed by atoms with E-state index in [4.69, 9.17) is 19.0 Å². The maximum absolute atomic E-state index is 11.4. The van der Waals surface area contributed by atoms with Crippen molar-refractivity contribution < 1.29 is 44.3 Å². The molecule has 10 nitrogen and oxygen atoms in total. The zero-order chi connectivity index (χ0) is 23.5. The van der Waals surface area contributed by atoms with Crippen LogP contribution in [-0.2, 0) is 23.8 Å². The molecule has 4 N–H and O–H groups in total. The van der Waals surface area contributed by atoms with Crippen molar-refractivity contribution in [2.24, 2.45) is 17.3 Å². The van der Waals surface area contributed by atoms with Crippen molar-refractivity contribution in [2.75, 3.05) is 13.7 Å². The molecule has 0 radical (unpaired) electrons. The minimum absolute atomic E-state index is 0.0675. The molecule has 2 fully saturated rings. The summed E-state index contributed by atoms with van der Waals surface area (Å²) in [7, 11) is 1.64. The summed E-state index contributed by atoms with van der Waals surface area (Å²) in [4.78, 5) is 17.0. The van der Waals surface area contributed by atoms with Gasteiger partial charge < -0.3 is 34.6 Å². The van der Waals surface area contributed by atoms with Crippen LogP contribution in [0.4, 0.5) is 0 Å². The lowest BCUT2D eigenvalue weighted by atomic mass is 9.61. The summed E-state index contributed by atoms with van der Waals surface area (Å²) < 4.78 is 17.9. The standard InChI is InChI=1S/C23H33NO9/c1-11-3-4-15-23(9-11)5-6-24(30-2)10-12-7-13(8-14(32-15)16(12)23)31-22-19(27)17(25)18(26)20(33-22)21(28)29/h5-6,11-13,15,17-20,22,25-27H,3-4,7-10H2,1-2H3,(H,28,29)/t11?,12-,13-,15+,17+,18+,19-,20+,22-,23?/m1/s1. The van der Waals surface area contributed by atoms with Gasteiger partial charge in [-0.3, -0.25) is 9.90 Å². The van der Waals surface area contributed by atoms with Crippen LogP contribution in [0.5, 0.6) is 0 Å². The van der Waals surface area contributed by atoms with Gasteiger partial charge in [-0.25, -0.2) is 4.79 Å². The Morgan fingerprint density at radius 2 is 2.00 bits per heavy atom. The van der Waals surface area contributed by atoms with Crippen molar-refractivity contribution in [1.29, 1.82) is 0 Å². The van der Waals surface area contributed by atoms with Gasteiger partial charge in [-0.05, 0) is 37.2 Å². The molecule has 5 rings (SSSR count). The topological polar surface area (TPSA) is 138 Å². The number of aliphatic carboxylic acids is 1. The van der Waals surface area contributed by atoms with Crippen LogP contribution in [0.15, 0.2) is 23.6 Å². The fourth-order valence-corrected chi connectivity index (χ4v) is 6.46. The van der Waals surface area contributed by atoms with Gasteiger partial charge in [-0.1, -0.05) is 13.0 Å². The third-order valence-electron chi connectivity index (χ3n) is 7.95. The number of carbonyl (C=O) groups is 1. The number of ether oxygens (including phenoxy) is 3. The second kappa shape index (κ2) is 8.51. The Morgan fingerprint density at radius 3 is 2.73 bits per heavy atom. The van der Waals surface area contributed by atoms with Crippen molar-refractivity contribution in [2.45, 2.75) is 81.9 Å². The fraction of sp³-hybridized carbons (Fsp3) is 0.783. The normalized spacial score (nSPS) is 46.9. The van der Waals surface area contributed by atoms with E-state index in [2.05, 4.69) is 13.0 Å². The molecule has 184 valence electrons. The van der Waals surface area contributed by atoms with Crippen molar-refractivity contribution in [1.82, 2.24) is 5.06 Å². The Labute approximate surface area is 192 Å². The zero-order valence-electron chi connectivity index (χ0n) is 18.9. The van der Waals surface area contributed by atoms with Gasteiger partial charge in [0.2, 0.25) is 0 Å². The largest absolute Gasteiger partial charge is 0.493 e. The quantitative estimate of drug-likeness (QED) is 0.463. The molecular weight excluding hydrogens is 434 g/mol. The number of aliphatic hydroxyl groups excluding tert-OH is 3. The second-order valence-electron chi connectivity index (χ2n) is 10.1. The number of aliphatic hydroxyl groups is 3.